The van der Waals surface area contributed by atoms with Gasteiger partial charge in [0.15, 0.2) is 0 Å². The zero-order valence-electron chi connectivity index (χ0n) is 17.9. The van der Waals surface area contributed by atoms with Gasteiger partial charge in [-0.1, -0.05) is 48.5 Å². The normalized spacial score (nSPS) is 11.2. The second-order valence-electron chi connectivity index (χ2n) is 7.52. The highest BCUT2D eigenvalue weighted by atomic mass is 16.6. The summed E-state index contributed by atoms with van der Waals surface area (Å²) in [5.74, 6) is -0.477. The number of hydrogen-bond acceptors (Lipinski definition) is 4. The van der Waals surface area contributed by atoms with Gasteiger partial charge in [-0.05, 0) is 36.8 Å². The number of aromatic nitrogens is 1. The molecule has 1 N–H and O–H groups in total. The first-order valence-electron chi connectivity index (χ1n) is 10.3. The van der Waals surface area contributed by atoms with Crippen molar-refractivity contribution >= 4 is 34.3 Å². The van der Waals surface area contributed by atoms with E-state index in [-0.39, 0.29) is 11.3 Å². The van der Waals surface area contributed by atoms with Crippen molar-refractivity contribution in [3.63, 3.8) is 0 Å². The van der Waals surface area contributed by atoms with E-state index in [4.69, 9.17) is 0 Å². The Morgan fingerprint density at radius 2 is 1.73 bits per heavy atom. The van der Waals surface area contributed by atoms with E-state index in [1.165, 1.54) is 12.1 Å². The fourth-order valence-electron chi connectivity index (χ4n) is 3.76. The molecular weight excluding hydrogens is 416 g/mol. The molecular formula is C26H20N4O3. The Labute approximate surface area is 190 Å². The number of rotatable bonds is 6. The summed E-state index contributed by atoms with van der Waals surface area (Å²) in [5, 5.41) is 24.3. The third kappa shape index (κ3) is 4.50. The van der Waals surface area contributed by atoms with Crippen molar-refractivity contribution in [2.24, 2.45) is 0 Å². The number of para-hydroxylation sites is 2. The number of hydrogen-bond donors (Lipinski definition) is 1. The van der Waals surface area contributed by atoms with Crippen molar-refractivity contribution < 1.29 is 9.72 Å². The van der Waals surface area contributed by atoms with Crippen molar-refractivity contribution in [3.8, 4) is 6.07 Å². The first kappa shape index (κ1) is 21.5. The van der Waals surface area contributed by atoms with E-state index in [9.17, 15) is 20.2 Å². The van der Waals surface area contributed by atoms with Crippen molar-refractivity contribution in [1.82, 2.24) is 4.57 Å². The summed E-state index contributed by atoms with van der Waals surface area (Å²) < 4.78 is 2.08. The minimum Gasteiger partial charge on any atom is -0.340 e. The highest BCUT2D eigenvalue weighted by molar-refractivity contribution is 6.11. The number of non-ortho nitro benzene ring substituents is 1. The Balaban J connectivity index is 1.72. The van der Waals surface area contributed by atoms with Crippen LogP contribution in [-0.4, -0.2) is 15.4 Å². The zero-order valence-corrected chi connectivity index (χ0v) is 17.9. The highest BCUT2D eigenvalue weighted by Crippen LogP contribution is 2.29. The number of nitro benzene ring substituents is 1. The average Bonchev–Trinajstić information content (AvgIpc) is 3.09. The maximum atomic E-state index is 12.7. The van der Waals surface area contributed by atoms with Crippen LogP contribution in [0.25, 0.3) is 17.0 Å². The zero-order chi connectivity index (χ0) is 23.4. The molecule has 4 aromatic rings. The quantitative estimate of drug-likeness (QED) is 0.188. The summed E-state index contributed by atoms with van der Waals surface area (Å²) in [6.45, 7) is 2.43. The predicted octanol–water partition coefficient (Wildman–Crippen LogP) is 5.45. The van der Waals surface area contributed by atoms with Gasteiger partial charge in [0.05, 0.1) is 4.92 Å². The molecule has 0 atom stereocenters. The standard InChI is InChI=1S/C26H20N4O3/c1-18-24(15-20(16-27)26(31)28-21-7-3-2-4-8-21)23-9-5-6-10-25(23)29(18)17-19-11-13-22(14-12-19)30(32)33/h2-15H,17H2,1H3,(H,28,31)/b20-15-. The number of carbonyl (C=O) groups is 1. The van der Waals surface area contributed by atoms with Crippen LogP contribution >= 0.6 is 0 Å². The van der Waals surface area contributed by atoms with Crippen LogP contribution in [-0.2, 0) is 11.3 Å². The molecule has 162 valence electrons. The van der Waals surface area contributed by atoms with Crippen LogP contribution in [0.5, 0.6) is 0 Å². The van der Waals surface area contributed by atoms with Gasteiger partial charge in [-0.3, -0.25) is 14.9 Å². The van der Waals surface area contributed by atoms with E-state index in [2.05, 4.69) is 9.88 Å². The van der Waals surface area contributed by atoms with Crippen LogP contribution in [0.1, 0.15) is 16.8 Å². The summed E-state index contributed by atoms with van der Waals surface area (Å²) in [5.41, 5.74) is 4.17. The van der Waals surface area contributed by atoms with E-state index >= 15 is 0 Å². The van der Waals surface area contributed by atoms with Gasteiger partial charge in [0.25, 0.3) is 11.6 Å². The predicted molar refractivity (Wildman–Crippen MR) is 128 cm³/mol. The molecule has 0 saturated carbocycles. The van der Waals surface area contributed by atoms with Crippen molar-refractivity contribution in [2.75, 3.05) is 5.32 Å². The Morgan fingerprint density at radius 3 is 2.39 bits per heavy atom. The minimum absolute atomic E-state index is 0.000178. The third-order valence-electron chi connectivity index (χ3n) is 5.45. The molecule has 0 aliphatic rings. The van der Waals surface area contributed by atoms with Crippen LogP contribution in [0.15, 0.2) is 84.4 Å². The monoisotopic (exact) mass is 436 g/mol. The molecule has 33 heavy (non-hydrogen) atoms. The molecule has 3 aromatic carbocycles. The summed E-state index contributed by atoms with van der Waals surface area (Å²) in [6, 6.07) is 25.2. The number of benzene rings is 3. The molecule has 4 rings (SSSR count). The maximum Gasteiger partial charge on any atom is 0.269 e. The van der Waals surface area contributed by atoms with E-state index in [1.807, 2.05) is 43.3 Å². The smallest absolute Gasteiger partial charge is 0.269 e. The number of nitrogens with zero attached hydrogens (tertiary/aromatic N) is 3. The lowest BCUT2D eigenvalue weighted by molar-refractivity contribution is -0.384. The van der Waals surface area contributed by atoms with Crippen molar-refractivity contribution in [1.29, 1.82) is 5.26 Å². The molecule has 1 aromatic heterocycles. The number of carbonyl (C=O) groups excluding carboxylic acids is 1. The van der Waals surface area contributed by atoms with Gasteiger partial charge in [-0.2, -0.15) is 5.26 Å². The lowest BCUT2D eigenvalue weighted by Gasteiger charge is -2.09. The molecule has 7 heteroatoms. The van der Waals surface area contributed by atoms with E-state index < -0.39 is 10.8 Å². The molecule has 0 radical (unpaired) electrons. The maximum absolute atomic E-state index is 12.7. The Morgan fingerprint density at radius 1 is 1.06 bits per heavy atom. The Bertz CT molecular complexity index is 1410. The fourth-order valence-corrected chi connectivity index (χ4v) is 3.76. The topological polar surface area (TPSA) is 101 Å². The number of nitro groups is 1. The molecule has 0 fully saturated rings. The first-order chi connectivity index (χ1) is 16.0. The molecule has 0 saturated heterocycles. The fraction of sp³-hybridized carbons (Fsp3) is 0.0769. The van der Waals surface area contributed by atoms with Crippen LogP contribution in [0.4, 0.5) is 11.4 Å². The summed E-state index contributed by atoms with van der Waals surface area (Å²) in [7, 11) is 0. The molecule has 0 unspecified atom stereocenters. The molecule has 0 bridgehead atoms. The van der Waals surface area contributed by atoms with E-state index in [1.54, 1.807) is 42.5 Å². The van der Waals surface area contributed by atoms with Crippen molar-refractivity contribution in [3.05, 3.63) is 111 Å². The second-order valence-corrected chi connectivity index (χ2v) is 7.52. The van der Waals surface area contributed by atoms with Crippen LogP contribution in [0.2, 0.25) is 0 Å². The number of anilines is 1. The third-order valence-corrected chi connectivity index (χ3v) is 5.45. The lowest BCUT2D eigenvalue weighted by atomic mass is 10.1. The van der Waals surface area contributed by atoms with Gasteiger partial charge >= 0.3 is 0 Å². The Hall–Kier alpha value is -4.70. The lowest BCUT2D eigenvalue weighted by Crippen LogP contribution is -2.13. The van der Waals surface area contributed by atoms with E-state index in [0.29, 0.717) is 12.2 Å². The van der Waals surface area contributed by atoms with Gasteiger partial charge in [-0.25, -0.2) is 0 Å². The average molecular weight is 436 g/mol. The number of amides is 1. The Kier molecular flexibility index (Phi) is 6.00. The van der Waals surface area contributed by atoms with Crippen LogP contribution in [0, 0.1) is 28.4 Å². The van der Waals surface area contributed by atoms with Gasteiger partial charge in [0, 0.05) is 46.5 Å². The SMILES string of the molecule is Cc1c(/C=C(/C#N)C(=O)Nc2ccccc2)c2ccccc2n1Cc1ccc([N+](=O)[O-])cc1. The number of fused-ring (bicyclic) bond motifs is 1. The second kappa shape index (κ2) is 9.20. The molecule has 1 heterocycles. The van der Waals surface area contributed by atoms with E-state index in [0.717, 1.165) is 27.7 Å². The molecule has 7 nitrogen and oxygen atoms in total. The molecule has 0 aliphatic heterocycles. The number of nitriles is 1. The molecule has 1 amide bonds. The van der Waals surface area contributed by atoms with Gasteiger partial charge in [0.2, 0.25) is 0 Å². The summed E-state index contributed by atoms with van der Waals surface area (Å²) in [4.78, 5) is 23.2. The van der Waals surface area contributed by atoms with Gasteiger partial charge < -0.3 is 9.88 Å². The van der Waals surface area contributed by atoms with Crippen LogP contribution < -0.4 is 5.32 Å². The minimum atomic E-state index is -0.477. The summed E-state index contributed by atoms with van der Waals surface area (Å²) >= 11 is 0. The molecule has 0 spiro atoms. The van der Waals surface area contributed by atoms with Crippen LogP contribution in [0.3, 0.4) is 0 Å². The number of nitrogens with one attached hydrogen (secondary N) is 1. The van der Waals surface area contributed by atoms with Crippen molar-refractivity contribution in [2.45, 2.75) is 13.5 Å². The summed E-state index contributed by atoms with van der Waals surface area (Å²) in [6.07, 6.45) is 1.61. The largest absolute Gasteiger partial charge is 0.340 e. The molecule has 0 aliphatic carbocycles. The first-order valence-corrected chi connectivity index (χ1v) is 10.3. The van der Waals surface area contributed by atoms with Gasteiger partial charge in [0.1, 0.15) is 11.6 Å². The highest BCUT2D eigenvalue weighted by Gasteiger charge is 2.16. The van der Waals surface area contributed by atoms with Gasteiger partial charge in [-0.15, -0.1) is 0 Å².